The first-order valence-corrected chi connectivity index (χ1v) is 16.6. The summed E-state index contributed by atoms with van der Waals surface area (Å²) < 4.78 is 9.01. The van der Waals surface area contributed by atoms with Crippen LogP contribution in [0.15, 0.2) is 168 Å². The Hall–Kier alpha value is -6.92. The summed E-state index contributed by atoms with van der Waals surface area (Å²) >= 11 is 0. The number of nitrogens with zero attached hydrogens (tertiary/aromatic N) is 5. The summed E-state index contributed by atoms with van der Waals surface area (Å²) in [6, 6.07) is 53.9. The van der Waals surface area contributed by atoms with E-state index >= 15 is 0 Å². The average molecular weight is 642 g/mol. The maximum atomic E-state index is 6.71. The van der Waals surface area contributed by atoms with Crippen LogP contribution in [-0.4, -0.2) is 24.5 Å². The van der Waals surface area contributed by atoms with Crippen LogP contribution in [0.5, 0.6) is 0 Å². The molecule has 50 heavy (non-hydrogen) atoms. The van der Waals surface area contributed by atoms with Gasteiger partial charge in [-0.15, -0.1) is 0 Å². The summed E-state index contributed by atoms with van der Waals surface area (Å²) in [5, 5.41) is 4.36. The van der Waals surface area contributed by atoms with Crippen molar-refractivity contribution in [3.8, 4) is 51.1 Å². The van der Waals surface area contributed by atoms with Gasteiger partial charge in [-0.25, -0.2) is 15.0 Å². The van der Waals surface area contributed by atoms with E-state index in [1.807, 2.05) is 66.7 Å². The van der Waals surface area contributed by atoms with Crippen LogP contribution >= 0.6 is 0 Å². The smallest absolute Gasteiger partial charge is 0.182 e. The molecule has 0 N–H and O–H groups in total. The Balaban J connectivity index is 1.18. The lowest BCUT2D eigenvalue weighted by atomic mass is 10.0. The highest BCUT2D eigenvalue weighted by atomic mass is 16.3. The second-order valence-electron chi connectivity index (χ2n) is 12.3. The molecule has 4 aromatic heterocycles. The van der Waals surface area contributed by atoms with Gasteiger partial charge in [0.15, 0.2) is 23.1 Å². The number of furan rings is 1. The molecule has 0 fully saturated rings. The number of fused-ring (bicyclic) bond motifs is 7. The fourth-order valence-electron chi connectivity index (χ4n) is 6.98. The zero-order chi connectivity index (χ0) is 33.0. The molecule has 0 radical (unpaired) electrons. The van der Waals surface area contributed by atoms with Gasteiger partial charge in [0.25, 0.3) is 0 Å². The van der Waals surface area contributed by atoms with Crippen LogP contribution in [0.25, 0.3) is 94.9 Å². The quantitative estimate of drug-likeness (QED) is 0.187. The third-order valence-corrected chi connectivity index (χ3v) is 9.30. The molecule has 6 nitrogen and oxygen atoms in total. The van der Waals surface area contributed by atoms with Crippen molar-refractivity contribution >= 4 is 43.7 Å². The minimum absolute atomic E-state index is 0.516. The van der Waals surface area contributed by atoms with Crippen molar-refractivity contribution in [3.63, 3.8) is 0 Å². The Morgan fingerprint density at radius 1 is 0.440 bits per heavy atom. The highest BCUT2D eigenvalue weighted by molar-refractivity contribution is 6.21. The molecule has 10 rings (SSSR count). The van der Waals surface area contributed by atoms with Crippen molar-refractivity contribution in [1.29, 1.82) is 0 Å². The van der Waals surface area contributed by atoms with Gasteiger partial charge < -0.3 is 8.98 Å². The van der Waals surface area contributed by atoms with Crippen LogP contribution in [0, 0.1) is 0 Å². The van der Waals surface area contributed by atoms with Crippen molar-refractivity contribution < 1.29 is 4.42 Å². The van der Waals surface area contributed by atoms with Gasteiger partial charge in [0, 0.05) is 44.6 Å². The van der Waals surface area contributed by atoms with E-state index in [4.69, 9.17) is 19.4 Å². The van der Waals surface area contributed by atoms with Gasteiger partial charge in [-0.1, -0.05) is 97.1 Å². The maximum Gasteiger partial charge on any atom is 0.182 e. The van der Waals surface area contributed by atoms with Crippen molar-refractivity contribution in [2.24, 2.45) is 0 Å². The number of aromatic nitrogens is 5. The molecule has 4 heterocycles. The summed E-state index contributed by atoms with van der Waals surface area (Å²) in [5.41, 5.74) is 9.59. The summed E-state index contributed by atoms with van der Waals surface area (Å²) in [7, 11) is 0. The van der Waals surface area contributed by atoms with Gasteiger partial charge in [0.2, 0.25) is 0 Å². The molecular weight excluding hydrogens is 615 g/mol. The second kappa shape index (κ2) is 11.4. The van der Waals surface area contributed by atoms with Gasteiger partial charge in [0.1, 0.15) is 11.3 Å². The Morgan fingerprint density at radius 2 is 1.12 bits per heavy atom. The summed E-state index contributed by atoms with van der Waals surface area (Å²) in [6.07, 6.45) is 1.76. The summed E-state index contributed by atoms with van der Waals surface area (Å²) in [5.74, 6) is 1.66. The standard InChI is InChI=1S/C44H27N5O/c1-3-12-28(13-4-1)29-14-11-15-30(26-29)42-46-43(48-44(47-42)37-19-9-10-25-45-37)31-21-24-39-36(27-31)35-23-22-34-33-18-7-8-20-38(33)49(40(34)41(35)50-39)32-16-5-2-6-17-32/h1-27H. The first kappa shape index (κ1) is 28.1. The minimum atomic E-state index is 0.516. The molecule has 0 saturated carbocycles. The number of hydrogen-bond donors (Lipinski definition) is 0. The highest BCUT2D eigenvalue weighted by Gasteiger charge is 2.20. The normalized spacial score (nSPS) is 11.6. The molecule has 10 aromatic rings. The Labute approximate surface area is 287 Å². The van der Waals surface area contributed by atoms with Crippen LogP contribution < -0.4 is 0 Å². The lowest BCUT2D eigenvalue weighted by Gasteiger charge is -2.09. The Morgan fingerprint density at radius 3 is 1.94 bits per heavy atom. The lowest BCUT2D eigenvalue weighted by Crippen LogP contribution is -2.01. The van der Waals surface area contributed by atoms with Gasteiger partial charge in [-0.2, -0.15) is 0 Å². The Bertz CT molecular complexity index is 2860. The number of pyridine rings is 1. The third kappa shape index (κ3) is 4.58. The minimum Gasteiger partial charge on any atom is -0.454 e. The fourth-order valence-corrected chi connectivity index (χ4v) is 6.98. The SMILES string of the molecule is c1ccc(-c2cccc(-c3nc(-c4ccc5oc6c(ccc7c8ccccc8n(-c8ccccc8)c76)c5c4)nc(-c4ccccn4)n3)c2)cc1. The predicted molar refractivity (Wildman–Crippen MR) is 201 cm³/mol. The van der Waals surface area contributed by atoms with Gasteiger partial charge in [-0.05, 0) is 71.8 Å². The van der Waals surface area contributed by atoms with Gasteiger partial charge in [-0.3, -0.25) is 4.98 Å². The molecule has 0 aliphatic rings. The third-order valence-electron chi connectivity index (χ3n) is 9.30. The molecule has 0 bridgehead atoms. The lowest BCUT2D eigenvalue weighted by molar-refractivity contribution is 0.671. The fraction of sp³-hybridized carbons (Fsp3) is 0. The number of rotatable bonds is 5. The topological polar surface area (TPSA) is 69.6 Å². The molecule has 0 amide bonds. The van der Waals surface area contributed by atoms with Crippen molar-refractivity contribution in [2.75, 3.05) is 0 Å². The van der Waals surface area contributed by atoms with Crippen LogP contribution in [0.4, 0.5) is 0 Å². The van der Waals surface area contributed by atoms with E-state index in [1.165, 1.54) is 5.39 Å². The van der Waals surface area contributed by atoms with Crippen LogP contribution in [0.2, 0.25) is 0 Å². The molecule has 0 spiro atoms. The van der Waals surface area contributed by atoms with Crippen molar-refractivity contribution in [1.82, 2.24) is 24.5 Å². The van der Waals surface area contributed by atoms with Crippen LogP contribution in [-0.2, 0) is 0 Å². The van der Waals surface area contributed by atoms with E-state index < -0.39 is 0 Å². The van der Waals surface area contributed by atoms with Crippen LogP contribution in [0.1, 0.15) is 0 Å². The number of hydrogen-bond acceptors (Lipinski definition) is 5. The monoisotopic (exact) mass is 641 g/mol. The largest absolute Gasteiger partial charge is 0.454 e. The van der Waals surface area contributed by atoms with Crippen molar-refractivity contribution in [2.45, 2.75) is 0 Å². The maximum absolute atomic E-state index is 6.71. The van der Waals surface area contributed by atoms with Gasteiger partial charge in [0.05, 0.1) is 11.0 Å². The van der Waals surface area contributed by atoms with Crippen LogP contribution in [0.3, 0.4) is 0 Å². The average Bonchev–Trinajstić information content (AvgIpc) is 3.74. The molecule has 0 unspecified atom stereocenters. The van der Waals surface area contributed by atoms with Gasteiger partial charge >= 0.3 is 0 Å². The molecule has 0 atom stereocenters. The highest BCUT2D eigenvalue weighted by Crippen LogP contribution is 2.41. The molecule has 0 aliphatic heterocycles. The zero-order valence-corrected chi connectivity index (χ0v) is 26.7. The molecule has 234 valence electrons. The zero-order valence-electron chi connectivity index (χ0n) is 26.7. The molecule has 6 heteroatoms. The van der Waals surface area contributed by atoms with Crippen molar-refractivity contribution in [3.05, 3.63) is 164 Å². The summed E-state index contributed by atoms with van der Waals surface area (Å²) in [6.45, 7) is 0. The predicted octanol–water partition coefficient (Wildman–Crippen LogP) is 10.9. The molecule has 0 aliphatic carbocycles. The van der Waals surface area contributed by atoms with E-state index in [9.17, 15) is 0 Å². The first-order chi connectivity index (χ1) is 24.8. The number of benzene rings is 6. The van der Waals surface area contributed by atoms with E-state index in [0.717, 1.165) is 66.3 Å². The summed E-state index contributed by atoms with van der Waals surface area (Å²) in [4.78, 5) is 19.5. The second-order valence-corrected chi connectivity index (χ2v) is 12.3. The van der Waals surface area contributed by atoms with E-state index in [0.29, 0.717) is 23.2 Å². The molecular formula is C44H27N5O. The Kier molecular flexibility index (Phi) is 6.39. The van der Waals surface area contributed by atoms with E-state index in [-0.39, 0.29) is 0 Å². The molecule has 0 saturated heterocycles. The first-order valence-electron chi connectivity index (χ1n) is 16.6. The molecule has 6 aromatic carbocycles. The van der Waals surface area contributed by atoms with E-state index in [1.54, 1.807) is 6.20 Å². The number of para-hydroxylation sites is 2. The van der Waals surface area contributed by atoms with E-state index in [2.05, 4.69) is 101 Å².